The lowest BCUT2D eigenvalue weighted by Crippen LogP contribution is -2.65. The third-order valence-electron chi connectivity index (χ3n) is 16.1. The van der Waals surface area contributed by atoms with E-state index in [1.165, 1.54) is 218 Å². The third kappa shape index (κ3) is 34.8. The van der Waals surface area contributed by atoms with Crippen LogP contribution in [0.25, 0.3) is 0 Å². The summed E-state index contributed by atoms with van der Waals surface area (Å²) in [7, 11) is 0. The van der Waals surface area contributed by atoms with Gasteiger partial charge in [-0.3, -0.25) is 4.79 Å². The average Bonchev–Trinajstić information content (AvgIpc) is 3.48. The predicted molar refractivity (Wildman–Crippen MR) is 314 cm³/mol. The van der Waals surface area contributed by atoms with Crippen LogP contribution in [0.2, 0.25) is 0 Å². The number of rotatable bonds is 53. The van der Waals surface area contributed by atoms with E-state index < -0.39 is 86.8 Å². The summed E-state index contributed by atoms with van der Waals surface area (Å²) in [5.41, 5.74) is 0. The molecule has 2 rings (SSSR count). The fraction of sp³-hybridized carbons (Fsp3) is 0.922. The summed E-state index contributed by atoms with van der Waals surface area (Å²) in [6.07, 6.45) is 43.7. The molecule has 0 spiro atoms. The molecule has 1 amide bonds. The Morgan fingerprint density at radius 3 is 1.26 bits per heavy atom. The van der Waals surface area contributed by atoms with Gasteiger partial charge in [0, 0.05) is 6.42 Å². The van der Waals surface area contributed by atoms with E-state index in [1.54, 1.807) is 6.08 Å². The summed E-state index contributed by atoms with van der Waals surface area (Å²) in [4.78, 5) is 13.3. The molecule has 9 N–H and O–H groups in total. The smallest absolute Gasteiger partial charge is 0.220 e. The maximum absolute atomic E-state index is 13.3. The van der Waals surface area contributed by atoms with Gasteiger partial charge in [0.05, 0.1) is 32.0 Å². The molecule has 0 aromatic heterocycles. The summed E-state index contributed by atoms with van der Waals surface area (Å²) in [5.74, 6) is -0.243. The third-order valence-corrected chi connectivity index (χ3v) is 16.1. The van der Waals surface area contributed by atoms with Crippen molar-refractivity contribution in [1.29, 1.82) is 0 Å². The van der Waals surface area contributed by atoms with Crippen molar-refractivity contribution < 1.29 is 64.6 Å². The van der Waals surface area contributed by atoms with Gasteiger partial charge in [0.25, 0.3) is 0 Å². The van der Waals surface area contributed by atoms with Crippen LogP contribution >= 0.6 is 0 Å². The molecule has 2 heterocycles. The summed E-state index contributed by atoms with van der Waals surface area (Å²) in [6, 6.07) is -0.928. The quantitative estimate of drug-likeness (QED) is 0.0204. The van der Waals surface area contributed by atoms with Crippen molar-refractivity contribution in [1.82, 2.24) is 5.32 Å². The van der Waals surface area contributed by atoms with Gasteiger partial charge in [-0.1, -0.05) is 269 Å². The molecular weight excluding hydrogens is 991 g/mol. The van der Waals surface area contributed by atoms with Crippen LogP contribution in [-0.4, -0.2) is 140 Å². The molecule has 0 radical (unpaired) electrons. The zero-order valence-corrected chi connectivity index (χ0v) is 49.7. The Labute approximate surface area is 475 Å². The van der Waals surface area contributed by atoms with Gasteiger partial charge in [0.1, 0.15) is 48.8 Å². The molecule has 2 aliphatic heterocycles. The van der Waals surface area contributed by atoms with Crippen molar-refractivity contribution in [2.45, 2.75) is 357 Å². The van der Waals surface area contributed by atoms with Crippen molar-refractivity contribution in [2.75, 3.05) is 19.8 Å². The highest BCUT2D eigenvalue weighted by molar-refractivity contribution is 5.76. The molecule has 0 aromatic rings. The number of unbranched alkanes of at least 4 members (excludes halogenated alkanes) is 38. The lowest BCUT2D eigenvalue weighted by Gasteiger charge is -2.46. The van der Waals surface area contributed by atoms with E-state index in [4.69, 9.17) is 18.9 Å². The first-order chi connectivity index (χ1) is 38.1. The lowest BCUT2D eigenvalue weighted by molar-refractivity contribution is -0.359. The fourth-order valence-corrected chi connectivity index (χ4v) is 10.9. The molecule has 0 bridgehead atoms. The zero-order chi connectivity index (χ0) is 56.7. The second-order valence-electron chi connectivity index (χ2n) is 23.2. The van der Waals surface area contributed by atoms with Gasteiger partial charge in [0.2, 0.25) is 5.91 Å². The van der Waals surface area contributed by atoms with Crippen LogP contribution < -0.4 is 5.32 Å². The van der Waals surface area contributed by atoms with Gasteiger partial charge in [-0.15, -0.1) is 0 Å². The Bertz CT molecular complexity index is 1400. The summed E-state index contributed by atoms with van der Waals surface area (Å²) in [6.45, 7) is 2.82. The lowest BCUT2D eigenvalue weighted by atomic mass is 9.97. The van der Waals surface area contributed by atoms with E-state index >= 15 is 0 Å². The molecule has 0 saturated carbocycles. The second kappa shape index (κ2) is 50.0. The van der Waals surface area contributed by atoms with Crippen molar-refractivity contribution in [3.8, 4) is 0 Å². The van der Waals surface area contributed by atoms with Gasteiger partial charge in [-0.2, -0.15) is 0 Å². The monoisotopic (exact) mass is 1110 g/mol. The van der Waals surface area contributed by atoms with Crippen LogP contribution in [0.15, 0.2) is 24.3 Å². The number of hydrogen-bond acceptors (Lipinski definition) is 13. The zero-order valence-electron chi connectivity index (χ0n) is 49.7. The first kappa shape index (κ1) is 72.6. The van der Waals surface area contributed by atoms with E-state index in [2.05, 4.69) is 31.3 Å². The van der Waals surface area contributed by atoms with E-state index in [9.17, 15) is 45.6 Å². The Balaban J connectivity index is 1.73. The van der Waals surface area contributed by atoms with Crippen LogP contribution in [0.3, 0.4) is 0 Å². The number of allylic oxidation sites excluding steroid dienone is 3. The number of nitrogens with one attached hydrogen (secondary N) is 1. The first-order valence-electron chi connectivity index (χ1n) is 32.6. The van der Waals surface area contributed by atoms with Gasteiger partial charge in [-0.25, -0.2) is 0 Å². The molecule has 0 aromatic carbocycles. The Morgan fingerprint density at radius 2 is 0.821 bits per heavy atom. The van der Waals surface area contributed by atoms with Crippen molar-refractivity contribution in [3.05, 3.63) is 24.3 Å². The van der Waals surface area contributed by atoms with Crippen LogP contribution in [0.4, 0.5) is 0 Å². The molecule has 2 aliphatic rings. The molecule has 12 unspecified atom stereocenters. The van der Waals surface area contributed by atoms with Gasteiger partial charge < -0.3 is 65.1 Å². The van der Waals surface area contributed by atoms with E-state index in [1.807, 2.05) is 6.08 Å². The molecule has 0 aliphatic carbocycles. The SMILES string of the molecule is CCCCCCCCCCCCCCCC/C=C/CC/C=C/C(O)C(COC1OC(CO)C(OC2OC(CO)C(O)C(O)C2O)C(O)C1O)NC(=O)CCCCCCCCCCCCCCCCCCCCCCCCCC. The van der Waals surface area contributed by atoms with Crippen molar-refractivity contribution in [2.24, 2.45) is 0 Å². The summed E-state index contributed by atoms with van der Waals surface area (Å²) >= 11 is 0. The van der Waals surface area contributed by atoms with E-state index in [0.717, 1.165) is 32.1 Å². The minimum atomic E-state index is -1.79. The number of carbonyl (C=O) groups excluding carboxylic acids is 1. The van der Waals surface area contributed by atoms with Gasteiger partial charge in [0.15, 0.2) is 12.6 Å². The minimum absolute atomic E-state index is 0.243. The van der Waals surface area contributed by atoms with Crippen molar-refractivity contribution >= 4 is 5.91 Å². The van der Waals surface area contributed by atoms with Crippen LogP contribution in [0.5, 0.6) is 0 Å². The Morgan fingerprint density at radius 1 is 0.449 bits per heavy atom. The number of aliphatic hydroxyl groups excluding tert-OH is 8. The van der Waals surface area contributed by atoms with E-state index in [0.29, 0.717) is 12.8 Å². The fourth-order valence-electron chi connectivity index (χ4n) is 10.9. The molecule has 78 heavy (non-hydrogen) atoms. The Kier molecular flexibility index (Phi) is 46.5. The van der Waals surface area contributed by atoms with Gasteiger partial charge in [-0.05, 0) is 32.1 Å². The Hall–Kier alpha value is -1.53. The number of amides is 1. The molecule has 12 atom stereocenters. The highest BCUT2D eigenvalue weighted by atomic mass is 16.7. The van der Waals surface area contributed by atoms with Crippen LogP contribution in [0.1, 0.15) is 284 Å². The maximum Gasteiger partial charge on any atom is 0.220 e. The molecule has 14 heteroatoms. The van der Waals surface area contributed by atoms with Crippen molar-refractivity contribution in [3.63, 3.8) is 0 Å². The number of aliphatic hydroxyl groups is 8. The molecule has 460 valence electrons. The van der Waals surface area contributed by atoms with E-state index in [-0.39, 0.29) is 18.9 Å². The second-order valence-corrected chi connectivity index (χ2v) is 23.2. The molecular formula is C64H121NO13. The maximum atomic E-state index is 13.3. The highest BCUT2D eigenvalue weighted by Crippen LogP contribution is 2.30. The van der Waals surface area contributed by atoms with Crippen LogP contribution in [0, 0.1) is 0 Å². The normalized spacial score (nSPS) is 24.6. The molecule has 2 fully saturated rings. The minimum Gasteiger partial charge on any atom is -0.394 e. The number of carbonyl (C=O) groups is 1. The summed E-state index contributed by atoms with van der Waals surface area (Å²) < 4.78 is 22.8. The molecule has 14 nitrogen and oxygen atoms in total. The standard InChI is InChI=1S/C64H121NO13/c1-3-5-7-9-11-13-15-17-19-21-23-25-26-27-28-30-32-34-36-38-40-42-44-46-48-56(69)65-52(53(68)47-45-43-41-39-37-35-33-31-29-24-22-20-18-16-14-12-10-8-6-4-2)51-75-63-61(74)59(72)62(55(50-67)77-63)78-64-60(73)58(71)57(70)54(49-66)76-64/h37,39,45,47,52-55,57-64,66-68,70-74H,3-36,38,40-44,46,48-51H2,1-2H3,(H,65,69)/b39-37+,47-45+. The number of ether oxygens (including phenoxy) is 4. The largest absolute Gasteiger partial charge is 0.394 e. The first-order valence-corrected chi connectivity index (χ1v) is 32.6. The average molecular weight is 1110 g/mol. The summed E-state index contributed by atoms with van der Waals surface area (Å²) in [5, 5.41) is 87.2. The van der Waals surface area contributed by atoms with Crippen LogP contribution in [-0.2, 0) is 23.7 Å². The topological polar surface area (TPSA) is 228 Å². The predicted octanol–water partition coefficient (Wildman–Crippen LogP) is 12.0. The molecule has 2 saturated heterocycles. The highest BCUT2D eigenvalue weighted by Gasteiger charge is 2.51. The number of hydrogen-bond donors (Lipinski definition) is 9. The van der Waals surface area contributed by atoms with Gasteiger partial charge >= 0.3 is 0 Å².